The summed E-state index contributed by atoms with van der Waals surface area (Å²) in [5, 5.41) is 0.309. The molecule has 0 saturated heterocycles. The second-order valence-corrected chi connectivity index (χ2v) is 4.04. The third-order valence-electron chi connectivity index (χ3n) is 2.46. The molecule has 1 aliphatic rings. The second kappa shape index (κ2) is 3.83. The molecule has 14 heavy (non-hydrogen) atoms. The molecule has 1 heterocycles. The number of aromatic nitrogens is 2. The van der Waals surface area contributed by atoms with E-state index in [-0.39, 0.29) is 15.9 Å². The fourth-order valence-corrected chi connectivity index (χ4v) is 1.87. The number of rotatable bonds is 2. The summed E-state index contributed by atoms with van der Waals surface area (Å²) in [6.45, 7) is 0. The van der Waals surface area contributed by atoms with Gasteiger partial charge in [-0.15, -0.1) is 0 Å². The zero-order valence-electron chi connectivity index (χ0n) is 7.33. The van der Waals surface area contributed by atoms with E-state index in [4.69, 9.17) is 23.2 Å². The summed E-state index contributed by atoms with van der Waals surface area (Å²) in [4.78, 5) is 18.7. The van der Waals surface area contributed by atoms with Crippen molar-refractivity contribution in [1.82, 2.24) is 9.97 Å². The van der Waals surface area contributed by atoms with E-state index in [1.165, 1.54) is 6.42 Å². The number of carbonyl (C=O) groups is 1. The summed E-state index contributed by atoms with van der Waals surface area (Å²) in [5.41, 5.74) is 0.177. The molecule has 0 unspecified atom stereocenters. The molecule has 0 aromatic carbocycles. The Balaban J connectivity index is 2.40. The molecule has 0 N–H and O–H groups in total. The number of carbonyl (C=O) groups excluding carboxylic acids is 1. The van der Waals surface area contributed by atoms with Crippen molar-refractivity contribution in [2.75, 3.05) is 0 Å². The minimum Gasteiger partial charge on any atom is -0.298 e. The van der Waals surface area contributed by atoms with Crippen molar-refractivity contribution < 1.29 is 4.79 Å². The highest BCUT2D eigenvalue weighted by atomic mass is 35.5. The lowest BCUT2D eigenvalue weighted by molar-refractivity contribution is 0.112. The monoisotopic (exact) mass is 230 g/mol. The number of halogens is 2. The van der Waals surface area contributed by atoms with Crippen LogP contribution in [0.2, 0.25) is 10.3 Å². The van der Waals surface area contributed by atoms with Crippen molar-refractivity contribution in [2.45, 2.75) is 25.2 Å². The SMILES string of the molecule is O=Cc1c(Cl)nc(C2CCC2)nc1Cl. The highest BCUT2D eigenvalue weighted by molar-refractivity contribution is 6.36. The minimum atomic E-state index is 0.155. The second-order valence-electron chi connectivity index (χ2n) is 3.32. The third kappa shape index (κ3) is 1.62. The Labute approximate surface area is 91.5 Å². The quantitative estimate of drug-likeness (QED) is 0.580. The molecule has 0 atom stereocenters. The van der Waals surface area contributed by atoms with E-state index in [2.05, 4.69) is 9.97 Å². The zero-order valence-corrected chi connectivity index (χ0v) is 8.85. The van der Waals surface area contributed by atoms with Crippen LogP contribution in [-0.4, -0.2) is 16.3 Å². The highest BCUT2D eigenvalue weighted by Crippen LogP contribution is 2.35. The van der Waals surface area contributed by atoms with Gasteiger partial charge in [-0.05, 0) is 12.8 Å². The molecule has 3 nitrogen and oxygen atoms in total. The highest BCUT2D eigenvalue weighted by Gasteiger charge is 2.24. The maximum absolute atomic E-state index is 10.6. The van der Waals surface area contributed by atoms with Crippen molar-refractivity contribution >= 4 is 29.5 Å². The average molecular weight is 231 g/mol. The van der Waals surface area contributed by atoms with Crippen molar-refractivity contribution in [1.29, 1.82) is 0 Å². The predicted octanol–water partition coefficient (Wildman–Crippen LogP) is 2.86. The Hall–Kier alpha value is -0.670. The first-order chi connectivity index (χ1) is 6.72. The van der Waals surface area contributed by atoms with Crippen LogP contribution in [-0.2, 0) is 0 Å². The molecule has 1 aromatic heterocycles. The molecule has 1 saturated carbocycles. The summed E-state index contributed by atoms with van der Waals surface area (Å²) in [7, 11) is 0. The summed E-state index contributed by atoms with van der Waals surface area (Å²) >= 11 is 11.6. The Morgan fingerprint density at radius 1 is 1.21 bits per heavy atom. The van der Waals surface area contributed by atoms with Crippen LogP contribution in [0.5, 0.6) is 0 Å². The molecule has 74 valence electrons. The van der Waals surface area contributed by atoms with Gasteiger partial charge in [0.2, 0.25) is 0 Å². The van der Waals surface area contributed by atoms with Gasteiger partial charge in [0.1, 0.15) is 16.1 Å². The van der Waals surface area contributed by atoms with Gasteiger partial charge in [-0.2, -0.15) is 0 Å². The van der Waals surface area contributed by atoms with Crippen molar-refractivity contribution in [3.05, 3.63) is 21.7 Å². The first-order valence-electron chi connectivity index (χ1n) is 4.40. The van der Waals surface area contributed by atoms with Crippen LogP contribution in [0, 0.1) is 0 Å². The van der Waals surface area contributed by atoms with Crippen molar-refractivity contribution in [2.24, 2.45) is 0 Å². The number of hydrogen-bond donors (Lipinski definition) is 0. The van der Waals surface area contributed by atoms with Crippen LogP contribution in [0.1, 0.15) is 41.4 Å². The Morgan fingerprint density at radius 2 is 1.79 bits per heavy atom. The minimum absolute atomic E-state index is 0.155. The fourth-order valence-electron chi connectivity index (χ4n) is 1.38. The topological polar surface area (TPSA) is 42.9 Å². The van der Waals surface area contributed by atoms with E-state index >= 15 is 0 Å². The van der Waals surface area contributed by atoms with Crippen molar-refractivity contribution in [3.63, 3.8) is 0 Å². The van der Waals surface area contributed by atoms with Crippen LogP contribution < -0.4 is 0 Å². The van der Waals surface area contributed by atoms with Gasteiger partial charge in [-0.3, -0.25) is 4.79 Å². The van der Waals surface area contributed by atoms with Crippen LogP contribution in [0.15, 0.2) is 0 Å². The summed E-state index contributed by atoms with van der Waals surface area (Å²) in [6.07, 6.45) is 3.92. The molecular weight excluding hydrogens is 223 g/mol. The molecule has 1 fully saturated rings. The molecule has 0 amide bonds. The summed E-state index contributed by atoms with van der Waals surface area (Å²) < 4.78 is 0. The zero-order chi connectivity index (χ0) is 10.1. The first kappa shape index (κ1) is 9.87. The third-order valence-corrected chi connectivity index (χ3v) is 3.03. The van der Waals surface area contributed by atoms with Crippen LogP contribution in [0.4, 0.5) is 0 Å². The van der Waals surface area contributed by atoms with Crippen molar-refractivity contribution in [3.8, 4) is 0 Å². The van der Waals surface area contributed by atoms with E-state index < -0.39 is 0 Å². The molecule has 0 spiro atoms. The van der Waals surface area contributed by atoms with Gasteiger partial charge in [0.15, 0.2) is 6.29 Å². The van der Waals surface area contributed by atoms with Gasteiger partial charge >= 0.3 is 0 Å². The van der Waals surface area contributed by atoms with Gasteiger partial charge in [-0.25, -0.2) is 9.97 Å². The van der Waals surface area contributed by atoms with Gasteiger partial charge in [0.05, 0.1) is 5.56 Å². The summed E-state index contributed by atoms with van der Waals surface area (Å²) in [5.74, 6) is 1.03. The smallest absolute Gasteiger partial charge is 0.156 e. The lowest BCUT2D eigenvalue weighted by Crippen LogP contribution is -2.13. The van der Waals surface area contributed by atoms with Crippen LogP contribution in [0.25, 0.3) is 0 Å². The molecule has 0 radical (unpaired) electrons. The first-order valence-corrected chi connectivity index (χ1v) is 5.16. The Bertz CT molecular complexity index is 354. The van der Waals surface area contributed by atoms with Gasteiger partial charge in [-0.1, -0.05) is 29.6 Å². The maximum atomic E-state index is 10.6. The number of aldehydes is 1. The number of nitrogens with zero attached hydrogens (tertiary/aromatic N) is 2. The molecular formula is C9H8Cl2N2O. The van der Waals surface area contributed by atoms with Gasteiger partial charge in [0.25, 0.3) is 0 Å². The number of hydrogen-bond acceptors (Lipinski definition) is 3. The molecule has 0 bridgehead atoms. The standard InChI is InChI=1S/C9H8Cl2N2O/c10-7-6(4-14)8(11)13-9(12-7)5-2-1-3-5/h4-5H,1-3H2. The molecule has 1 aliphatic carbocycles. The van der Waals surface area contributed by atoms with Crippen LogP contribution in [0.3, 0.4) is 0 Å². The van der Waals surface area contributed by atoms with E-state index in [0.29, 0.717) is 18.0 Å². The maximum Gasteiger partial charge on any atom is 0.156 e. The van der Waals surface area contributed by atoms with E-state index in [1.54, 1.807) is 0 Å². The Kier molecular flexibility index (Phi) is 2.70. The lowest BCUT2D eigenvalue weighted by Gasteiger charge is -2.23. The molecule has 0 aliphatic heterocycles. The Morgan fingerprint density at radius 3 is 2.14 bits per heavy atom. The summed E-state index contributed by atoms with van der Waals surface area (Å²) in [6, 6.07) is 0. The van der Waals surface area contributed by atoms with Gasteiger partial charge < -0.3 is 0 Å². The lowest BCUT2D eigenvalue weighted by atomic mass is 9.85. The largest absolute Gasteiger partial charge is 0.298 e. The van der Waals surface area contributed by atoms with Crippen LogP contribution >= 0.6 is 23.2 Å². The molecule has 1 aromatic rings. The predicted molar refractivity (Wildman–Crippen MR) is 54.0 cm³/mol. The molecule has 2 rings (SSSR count). The average Bonchev–Trinajstić information content (AvgIpc) is 2.00. The normalized spacial score (nSPS) is 16.4. The van der Waals surface area contributed by atoms with E-state index in [1.807, 2.05) is 0 Å². The molecule has 5 heteroatoms. The van der Waals surface area contributed by atoms with E-state index in [9.17, 15) is 4.79 Å². The fraction of sp³-hybridized carbons (Fsp3) is 0.444. The van der Waals surface area contributed by atoms with E-state index in [0.717, 1.165) is 12.8 Å². The van der Waals surface area contributed by atoms with Gasteiger partial charge in [0, 0.05) is 5.92 Å².